The highest BCUT2D eigenvalue weighted by Gasteiger charge is 2.25. The molecule has 7 heteroatoms. The Labute approximate surface area is 180 Å². The summed E-state index contributed by atoms with van der Waals surface area (Å²) >= 11 is 0. The Hall–Kier alpha value is -3.22. The Kier molecular flexibility index (Phi) is 5.76. The molecule has 1 unspecified atom stereocenters. The predicted octanol–water partition coefficient (Wildman–Crippen LogP) is 4.57. The molecule has 162 valence electrons. The van der Waals surface area contributed by atoms with Crippen LogP contribution in [0.15, 0.2) is 41.2 Å². The van der Waals surface area contributed by atoms with E-state index in [1.165, 1.54) is 12.1 Å². The van der Waals surface area contributed by atoms with Crippen LogP contribution in [0.25, 0.3) is 11.1 Å². The molecule has 0 bridgehead atoms. The number of hydrogen-bond acceptors (Lipinski definition) is 4. The van der Waals surface area contributed by atoms with Crippen molar-refractivity contribution in [2.24, 2.45) is 5.92 Å². The summed E-state index contributed by atoms with van der Waals surface area (Å²) in [5.41, 5.74) is 2.76. The van der Waals surface area contributed by atoms with Crippen LogP contribution < -0.4 is 10.9 Å². The number of fused-ring (bicyclic) bond motifs is 1. The van der Waals surface area contributed by atoms with E-state index >= 15 is 0 Å². The van der Waals surface area contributed by atoms with Crippen molar-refractivity contribution in [3.63, 3.8) is 0 Å². The van der Waals surface area contributed by atoms with Crippen molar-refractivity contribution in [3.05, 3.63) is 69.7 Å². The van der Waals surface area contributed by atoms with Crippen LogP contribution in [-0.4, -0.2) is 26.7 Å². The molecule has 1 aromatic carbocycles. The molecule has 1 aliphatic heterocycles. The Morgan fingerprint density at radius 1 is 1.32 bits per heavy atom. The maximum Gasteiger partial charge on any atom is 0.337 e. The number of benzene rings is 1. The number of halogens is 1. The van der Waals surface area contributed by atoms with Gasteiger partial charge in [0.2, 0.25) is 0 Å². The van der Waals surface area contributed by atoms with Gasteiger partial charge in [-0.3, -0.25) is 9.36 Å². The minimum Gasteiger partial charge on any atom is -0.478 e. The van der Waals surface area contributed by atoms with Crippen LogP contribution >= 0.6 is 0 Å². The number of carboxylic acids is 1. The van der Waals surface area contributed by atoms with Gasteiger partial charge < -0.3 is 10.4 Å². The van der Waals surface area contributed by atoms with Crippen molar-refractivity contribution in [3.8, 4) is 0 Å². The highest BCUT2D eigenvalue weighted by molar-refractivity contribution is 5.94. The average Bonchev–Trinajstić information content (AvgIpc) is 2.75. The zero-order chi connectivity index (χ0) is 22.1. The number of hydrogen-bond donors (Lipinski definition) is 2. The second-order valence-electron chi connectivity index (χ2n) is 8.35. The molecule has 2 N–H and O–H groups in total. The standard InChI is InChI=1S/C24H26FN3O3/c1-14-10-18(15(2)26-20-9-8-17(25)11-19(20)24(30)31)23-27-21(12-22(29)28(23)13-14)16-6-4-3-5-7-16/h6,8-12,14-15,26H,3-5,7,13H2,1-2H3,(H,30,31)/t14?,15-/m1/s1. The Bertz CT molecular complexity index is 1150. The molecular weight excluding hydrogens is 397 g/mol. The van der Waals surface area contributed by atoms with Gasteiger partial charge in [-0.15, -0.1) is 0 Å². The average molecular weight is 423 g/mol. The van der Waals surface area contributed by atoms with Crippen molar-refractivity contribution in [1.29, 1.82) is 0 Å². The van der Waals surface area contributed by atoms with E-state index in [0.29, 0.717) is 18.1 Å². The van der Waals surface area contributed by atoms with Crippen LogP contribution in [0.5, 0.6) is 0 Å². The van der Waals surface area contributed by atoms with E-state index < -0.39 is 11.8 Å². The molecule has 4 rings (SSSR count). The number of rotatable bonds is 5. The minimum atomic E-state index is -1.21. The molecule has 0 amide bonds. The van der Waals surface area contributed by atoms with Gasteiger partial charge in [0.25, 0.3) is 5.56 Å². The van der Waals surface area contributed by atoms with Gasteiger partial charge in [-0.05, 0) is 62.3 Å². The topological polar surface area (TPSA) is 84.2 Å². The van der Waals surface area contributed by atoms with Crippen molar-refractivity contribution >= 4 is 22.8 Å². The van der Waals surface area contributed by atoms with Crippen molar-refractivity contribution in [2.75, 3.05) is 5.32 Å². The summed E-state index contributed by atoms with van der Waals surface area (Å²) in [7, 11) is 0. The molecule has 2 aliphatic rings. The van der Waals surface area contributed by atoms with Gasteiger partial charge in [-0.1, -0.05) is 19.1 Å². The van der Waals surface area contributed by atoms with Gasteiger partial charge >= 0.3 is 5.97 Å². The van der Waals surface area contributed by atoms with E-state index in [2.05, 4.69) is 17.5 Å². The molecule has 2 atom stereocenters. The largest absolute Gasteiger partial charge is 0.478 e. The van der Waals surface area contributed by atoms with Crippen molar-refractivity contribution in [2.45, 2.75) is 52.1 Å². The first-order valence-corrected chi connectivity index (χ1v) is 10.7. The van der Waals surface area contributed by atoms with Crippen molar-refractivity contribution in [1.82, 2.24) is 9.55 Å². The lowest BCUT2D eigenvalue weighted by Gasteiger charge is -2.28. The fourth-order valence-electron chi connectivity index (χ4n) is 4.33. The van der Waals surface area contributed by atoms with E-state index in [1.54, 1.807) is 10.6 Å². The van der Waals surface area contributed by atoms with Gasteiger partial charge in [0.1, 0.15) is 11.6 Å². The third-order valence-electron chi connectivity index (χ3n) is 5.87. The Balaban J connectivity index is 1.73. The molecule has 6 nitrogen and oxygen atoms in total. The van der Waals surface area contributed by atoms with Crippen LogP contribution in [0.1, 0.15) is 61.4 Å². The zero-order valence-corrected chi connectivity index (χ0v) is 17.7. The van der Waals surface area contributed by atoms with Crippen molar-refractivity contribution < 1.29 is 14.3 Å². The number of nitrogens with one attached hydrogen (secondary N) is 1. The van der Waals surface area contributed by atoms with E-state index in [4.69, 9.17) is 4.98 Å². The number of carboxylic acid groups (broad SMARTS) is 1. The van der Waals surface area contributed by atoms with Crippen LogP contribution in [-0.2, 0) is 6.54 Å². The quantitative estimate of drug-likeness (QED) is 0.736. The number of allylic oxidation sites excluding steroid dienone is 3. The summed E-state index contributed by atoms with van der Waals surface area (Å²) in [6.07, 6.45) is 8.39. The lowest BCUT2D eigenvalue weighted by atomic mass is 9.95. The summed E-state index contributed by atoms with van der Waals surface area (Å²) < 4.78 is 15.2. The summed E-state index contributed by atoms with van der Waals surface area (Å²) in [5, 5.41) is 12.6. The SMILES string of the molecule is CC1C=C([C@@H](C)Nc2ccc(F)cc2C(=O)O)c2nc(C3=CCCCC3)cc(=O)n2C1. The van der Waals surface area contributed by atoms with E-state index in [1.807, 2.05) is 13.8 Å². The first-order valence-electron chi connectivity index (χ1n) is 10.7. The fourth-order valence-corrected chi connectivity index (χ4v) is 4.33. The molecule has 0 saturated carbocycles. The summed E-state index contributed by atoms with van der Waals surface area (Å²) in [6.45, 7) is 4.47. The monoisotopic (exact) mass is 423 g/mol. The summed E-state index contributed by atoms with van der Waals surface area (Å²) in [4.78, 5) is 29.3. The normalized spacial score (nSPS) is 19.1. The maximum atomic E-state index is 13.6. The number of carbonyl (C=O) groups is 1. The molecule has 2 heterocycles. The van der Waals surface area contributed by atoms with Crippen LogP contribution in [0.3, 0.4) is 0 Å². The number of aromatic nitrogens is 2. The molecule has 0 spiro atoms. The summed E-state index contributed by atoms with van der Waals surface area (Å²) in [5.74, 6) is -1.09. The number of nitrogens with zero attached hydrogens (tertiary/aromatic N) is 2. The first-order chi connectivity index (χ1) is 14.8. The molecule has 0 radical (unpaired) electrons. The fraction of sp³-hybridized carbons (Fsp3) is 0.375. The first kappa shape index (κ1) is 21.0. The minimum absolute atomic E-state index is 0.0795. The smallest absolute Gasteiger partial charge is 0.337 e. The maximum absolute atomic E-state index is 13.6. The second kappa shape index (κ2) is 8.49. The van der Waals surface area contributed by atoms with Crippen LogP contribution in [0.4, 0.5) is 10.1 Å². The highest BCUT2D eigenvalue weighted by atomic mass is 19.1. The van der Waals surface area contributed by atoms with Gasteiger partial charge in [-0.2, -0.15) is 0 Å². The van der Waals surface area contributed by atoms with Crippen LogP contribution in [0, 0.1) is 11.7 Å². The molecule has 1 aliphatic carbocycles. The number of anilines is 1. The molecule has 1 aromatic heterocycles. The molecular formula is C24H26FN3O3. The van der Waals surface area contributed by atoms with E-state index in [0.717, 1.165) is 48.6 Å². The van der Waals surface area contributed by atoms with Gasteiger partial charge in [0.15, 0.2) is 0 Å². The third-order valence-corrected chi connectivity index (χ3v) is 5.87. The molecule has 0 saturated heterocycles. The molecule has 2 aromatic rings. The Morgan fingerprint density at radius 2 is 2.13 bits per heavy atom. The zero-order valence-electron chi connectivity index (χ0n) is 17.7. The van der Waals surface area contributed by atoms with Gasteiger partial charge in [-0.25, -0.2) is 14.2 Å². The second-order valence-corrected chi connectivity index (χ2v) is 8.35. The highest BCUT2D eigenvalue weighted by Crippen LogP contribution is 2.30. The third kappa shape index (κ3) is 4.31. The van der Waals surface area contributed by atoms with Gasteiger partial charge in [0, 0.05) is 23.9 Å². The van der Waals surface area contributed by atoms with Gasteiger partial charge in [0.05, 0.1) is 17.3 Å². The van der Waals surface area contributed by atoms with Crippen LogP contribution in [0.2, 0.25) is 0 Å². The lowest BCUT2D eigenvalue weighted by molar-refractivity contribution is 0.0697. The summed E-state index contributed by atoms with van der Waals surface area (Å²) in [6, 6.07) is 4.94. The predicted molar refractivity (Wildman–Crippen MR) is 119 cm³/mol. The number of aromatic carboxylic acids is 1. The lowest BCUT2D eigenvalue weighted by Crippen LogP contribution is -2.33. The molecule has 31 heavy (non-hydrogen) atoms. The molecule has 0 fully saturated rings. The Morgan fingerprint density at radius 3 is 2.84 bits per heavy atom. The van der Waals surface area contributed by atoms with E-state index in [9.17, 15) is 19.1 Å². The van der Waals surface area contributed by atoms with E-state index in [-0.39, 0.29) is 23.1 Å².